The molecule has 0 saturated carbocycles. The lowest BCUT2D eigenvalue weighted by molar-refractivity contribution is 1.18. The number of hydrogen-bond donors (Lipinski definition) is 0. The molecule has 0 bridgehead atoms. The quantitative estimate of drug-likeness (QED) is 0.122. The molecule has 0 N–H and O–H groups in total. The van der Waals surface area contributed by atoms with Crippen molar-refractivity contribution < 1.29 is 0 Å². The minimum absolute atomic E-state index is 0.672. The lowest BCUT2D eigenvalue weighted by atomic mass is 9.97. The molecule has 0 amide bonds. The fourth-order valence-electron chi connectivity index (χ4n) is 13.6. The van der Waals surface area contributed by atoms with Gasteiger partial charge in [-0.15, -0.1) is 0 Å². The SMILES string of the molecule is Cc1ccc2ccc3c(-c4ccc(-c5cc(-c6ccccc6)nc(-c6cccc(-c7cccc8cccnc78)c6)n5)cc4)cc(C)nc3c2n1.Cc1ccc2ccc3c(-c4ccc(-c5nc(-c6ccccc6)cc(-c6cccc(-c7cccc8cccnc78)c6)n5)cc4)cc(C)nc3c2n1. The third kappa shape index (κ3) is 11.8. The standard InChI is InChI=1S/2C45H31N5/c1-28-16-17-34-22-23-38-39(25-29(2)48-44(38)43(34)47-28)30-18-20-32(21-19-30)41-27-40(31-9-4-3-5-10-31)49-45(50-41)36-13-6-12-35(26-36)37-15-7-11-33-14-8-24-46-42(33)37;1-28-16-17-33-22-23-38-39(25-29(2)48-44(38)43(33)47-28)30-18-20-34(21-19-30)45-49-40(31-9-4-3-5-10-31)27-41(50-45)36-13-6-12-35(26-36)37-15-7-11-32-14-8-24-46-42(32)37/h2*3-27H,1-2H3. The number of aryl methyl sites for hydroxylation is 4. The first-order valence-corrected chi connectivity index (χ1v) is 33.5. The second kappa shape index (κ2) is 25.8. The molecule has 0 unspecified atom stereocenters. The molecule has 10 nitrogen and oxygen atoms in total. The summed E-state index contributed by atoms with van der Waals surface area (Å²) in [6.07, 6.45) is 3.69. The largest absolute Gasteiger partial charge is 0.256 e. The Kier molecular flexibility index (Phi) is 15.6. The first kappa shape index (κ1) is 60.5. The van der Waals surface area contributed by atoms with Crippen molar-refractivity contribution in [1.82, 2.24) is 49.8 Å². The second-order valence-electron chi connectivity index (χ2n) is 25.3. The molecule has 0 spiro atoms. The highest BCUT2D eigenvalue weighted by Crippen LogP contribution is 2.39. The van der Waals surface area contributed by atoms with Crippen LogP contribution in [0.5, 0.6) is 0 Å². The first-order valence-electron chi connectivity index (χ1n) is 33.5. The van der Waals surface area contributed by atoms with Gasteiger partial charge in [0.25, 0.3) is 0 Å². The summed E-state index contributed by atoms with van der Waals surface area (Å²) in [7, 11) is 0. The number of nitrogens with zero attached hydrogens (tertiary/aromatic N) is 10. The molecule has 0 fully saturated rings. The average molecular weight is 1280 g/mol. The van der Waals surface area contributed by atoms with Crippen LogP contribution < -0.4 is 0 Å². The van der Waals surface area contributed by atoms with Gasteiger partial charge < -0.3 is 0 Å². The zero-order chi connectivity index (χ0) is 67.2. The van der Waals surface area contributed by atoms with E-state index in [2.05, 4.69) is 231 Å². The molecule has 18 rings (SSSR count). The van der Waals surface area contributed by atoms with E-state index in [1.807, 2.05) is 101 Å². The van der Waals surface area contributed by atoms with Gasteiger partial charge in [0.15, 0.2) is 11.6 Å². The molecule has 10 heteroatoms. The van der Waals surface area contributed by atoms with Gasteiger partial charge in [-0.25, -0.2) is 19.9 Å². The predicted molar refractivity (Wildman–Crippen MR) is 409 cm³/mol. The summed E-state index contributed by atoms with van der Waals surface area (Å²) in [5.41, 5.74) is 27.9. The summed E-state index contributed by atoms with van der Waals surface area (Å²) in [5, 5.41) is 6.58. The van der Waals surface area contributed by atoms with Gasteiger partial charge in [-0.3, -0.25) is 29.9 Å². The summed E-state index contributed by atoms with van der Waals surface area (Å²) in [6.45, 7) is 8.13. The molecule has 472 valence electrons. The monoisotopic (exact) mass is 1280 g/mol. The Morgan fingerprint density at radius 2 is 0.540 bits per heavy atom. The predicted octanol–water partition coefficient (Wildman–Crippen LogP) is 22.1. The highest BCUT2D eigenvalue weighted by molar-refractivity contribution is 6.10. The zero-order valence-electron chi connectivity index (χ0n) is 55.3. The van der Waals surface area contributed by atoms with E-state index in [4.69, 9.17) is 49.8 Å². The number of para-hydroxylation sites is 2. The molecule has 8 aromatic heterocycles. The van der Waals surface area contributed by atoms with E-state index in [0.717, 1.165) is 189 Å². The maximum atomic E-state index is 5.16. The van der Waals surface area contributed by atoms with Crippen LogP contribution in [0.15, 0.2) is 304 Å². The van der Waals surface area contributed by atoms with E-state index in [1.54, 1.807) is 0 Å². The van der Waals surface area contributed by atoms with Crippen molar-refractivity contribution in [1.29, 1.82) is 0 Å². The Morgan fingerprint density at radius 1 is 0.190 bits per heavy atom. The Hall–Kier alpha value is -13.2. The van der Waals surface area contributed by atoms with Crippen molar-refractivity contribution in [3.05, 3.63) is 326 Å². The van der Waals surface area contributed by atoms with Crippen LogP contribution in [-0.2, 0) is 0 Å². The Bertz CT molecular complexity index is 5810. The summed E-state index contributed by atoms with van der Waals surface area (Å²) in [5.74, 6) is 1.34. The molecular weight excluding hydrogens is 1220 g/mol. The van der Waals surface area contributed by atoms with Gasteiger partial charge in [-0.2, -0.15) is 0 Å². The number of benzene rings is 10. The van der Waals surface area contributed by atoms with Crippen LogP contribution in [0.1, 0.15) is 22.8 Å². The van der Waals surface area contributed by atoms with Crippen molar-refractivity contribution in [3.63, 3.8) is 0 Å². The summed E-state index contributed by atoms with van der Waals surface area (Å²) in [6, 6.07) is 101. The highest BCUT2D eigenvalue weighted by Gasteiger charge is 2.19. The van der Waals surface area contributed by atoms with Crippen LogP contribution in [-0.4, -0.2) is 49.8 Å². The zero-order valence-corrected chi connectivity index (χ0v) is 55.3. The summed E-state index contributed by atoms with van der Waals surface area (Å²) in [4.78, 5) is 49.5. The van der Waals surface area contributed by atoms with E-state index in [9.17, 15) is 0 Å². The smallest absolute Gasteiger partial charge is 0.160 e. The molecule has 100 heavy (non-hydrogen) atoms. The first-order chi connectivity index (χ1) is 49.1. The lowest BCUT2D eigenvalue weighted by Crippen LogP contribution is -1.96. The van der Waals surface area contributed by atoms with Crippen LogP contribution in [0.25, 0.3) is 178 Å². The van der Waals surface area contributed by atoms with Crippen LogP contribution in [0, 0.1) is 27.7 Å². The Labute approximate surface area is 578 Å². The van der Waals surface area contributed by atoms with Gasteiger partial charge in [0, 0.05) is 112 Å². The summed E-state index contributed by atoms with van der Waals surface area (Å²) < 4.78 is 0. The van der Waals surface area contributed by atoms with E-state index in [0.29, 0.717) is 11.6 Å². The van der Waals surface area contributed by atoms with Crippen molar-refractivity contribution in [2.24, 2.45) is 0 Å². The second-order valence-corrected chi connectivity index (χ2v) is 25.3. The number of fused-ring (bicyclic) bond motifs is 8. The Balaban J connectivity index is 0.000000150. The van der Waals surface area contributed by atoms with Crippen LogP contribution >= 0.6 is 0 Å². The molecule has 0 aliphatic heterocycles. The molecule has 18 aromatic rings. The molecule has 0 radical (unpaired) electrons. The van der Waals surface area contributed by atoms with Crippen LogP contribution in [0.3, 0.4) is 0 Å². The van der Waals surface area contributed by atoms with Crippen LogP contribution in [0.4, 0.5) is 0 Å². The van der Waals surface area contributed by atoms with Gasteiger partial charge in [0.05, 0.1) is 55.9 Å². The third-order valence-electron chi connectivity index (χ3n) is 18.5. The maximum absolute atomic E-state index is 5.16. The molecule has 0 aliphatic rings. The molecule has 8 heterocycles. The van der Waals surface area contributed by atoms with Gasteiger partial charge >= 0.3 is 0 Å². The van der Waals surface area contributed by atoms with Gasteiger partial charge in [0.1, 0.15) is 0 Å². The van der Waals surface area contributed by atoms with Crippen LogP contribution in [0.2, 0.25) is 0 Å². The molecule has 0 atom stereocenters. The number of hydrogen-bond acceptors (Lipinski definition) is 10. The molecule has 0 saturated heterocycles. The Morgan fingerprint density at radius 3 is 1.03 bits per heavy atom. The minimum atomic E-state index is 0.672. The molecule has 0 aliphatic carbocycles. The fourth-order valence-corrected chi connectivity index (χ4v) is 13.6. The highest BCUT2D eigenvalue weighted by atomic mass is 14.9. The molecule has 10 aromatic carbocycles. The van der Waals surface area contributed by atoms with Crippen molar-refractivity contribution in [2.75, 3.05) is 0 Å². The van der Waals surface area contributed by atoms with Gasteiger partial charge in [-0.1, -0.05) is 231 Å². The van der Waals surface area contributed by atoms with Crippen molar-refractivity contribution in [3.8, 4) is 112 Å². The number of aromatic nitrogens is 10. The minimum Gasteiger partial charge on any atom is -0.256 e. The van der Waals surface area contributed by atoms with E-state index in [1.165, 1.54) is 0 Å². The van der Waals surface area contributed by atoms with Crippen molar-refractivity contribution in [2.45, 2.75) is 27.7 Å². The lowest BCUT2D eigenvalue weighted by Gasteiger charge is -2.13. The number of pyridine rings is 6. The normalized spacial score (nSPS) is 11.4. The van der Waals surface area contributed by atoms with E-state index < -0.39 is 0 Å². The fraction of sp³-hybridized carbons (Fsp3) is 0.0444. The van der Waals surface area contributed by atoms with Gasteiger partial charge in [-0.05, 0) is 122 Å². The van der Waals surface area contributed by atoms with Crippen molar-refractivity contribution >= 4 is 65.4 Å². The topological polar surface area (TPSA) is 129 Å². The van der Waals surface area contributed by atoms with Gasteiger partial charge in [0.2, 0.25) is 0 Å². The van der Waals surface area contributed by atoms with E-state index in [-0.39, 0.29) is 0 Å². The molecular formula is C90H62N10. The number of rotatable bonds is 10. The summed E-state index contributed by atoms with van der Waals surface area (Å²) >= 11 is 0. The maximum Gasteiger partial charge on any atom is 0.160 e. The third-order valence-corrected chi connectivity index (χ3v) is 18.5. The average Bonchev–Trinajstić information content (AvgIpc) is 0.765. The van der Waals surface area contributed by atoms with E-state index >= 15 is 0 Å².